The van der Waals surface area contributed by atoms with Crippen LogP contribution < -0.4 is 5.32 Å². The van der Waals surface area contributed by atoms with Crippen LogP contribution in [0, 0.1) is 11.8 Å². The van der Waals surface area contributed by atoms with Crippen LogP contribution in [0.25, 0.3) is 0 Å². The van der Waals surface area contributed by atoms with Crippen LogP contribution in [0.5, 0.6) is 0 Å². The first kappa shape index (κ1) is 16.5. The number of likely N-dealkylation sites (tertiary alicyclic amines) is 1. The van der Waals surface area contributed by atoms with Crippen molar-refractivity contribution in [2.24, 2.45) is 11.8 Å². The average molecular weight is 318 g/mol. The van der Waals surface area contributed by atoms with Crippen molar-refractivity contribution < 1.29 is 4.79 Å². The highest BCUT2D eigenvalue weighted by molar-refractivity contribution is 5.79. The maximum atomic E-state index is 12.0. The Hall–Kier alpha value is -1.36. The van der Waals surface area contributed by atoms with Crippen LogP contribution in [0.3, 0.4) is 0 Å². The Balaban J connectivity index is 1.47. The second-order valence-corrected chi connectivity index (χ2v) is 7.46. The van der Waals surface area contributed by atoms with E-state index in [4.69, 9.17) is 0 Å². The predicted octanol–water partition coefficient (Wildman–Crippen LogP) is 2.59. The molecule has 0 spiro atoms. The minimum Gasteiger partial charge on any atom is -0.356 e. The molecule has 1 saturated carbocycles. The molecule has 5 nitrogen and oxygen atoms in total. The molecule has 2 fully saturated rings. The Morgan fingerprint density at radius 3 is 2.87 bits per heavy atom. The molecule has 5 heteroatoms. The number of amides is 1. The third-order valence-corrected chi connectivity index (χ3v) is 5.31. The molecule has 0 unspecified atom stereocenters. The van der Waals surface area contributed by atoms with E-state index >= 15 is 0 Å². The third-order valence-electron chi connectivity index (χ3n) is 5.31. The quantitative estimate of drug-likeness (QED) is 0.877. The number of nitrogens with one attached hydrogen (secondary N) is 1. The molecule has 1 aromatic heterocycles. The van der Waals surface area contributed by atoms with Gasteiger partial charge in [-0.05, 0) is 52.0 Å². The topological polar surface area (TPSA) is 50.2 Å². The van der Waals surface area contributed by atoms with Crippen molar-refractivity contribution >= 4 is 5.91 Å². The molecule has 2 aliphatic rings. The van der Waals surface area contributed by atoms with Crippen molar-refractivity contribution in [3.05, 3.63) is 18.2 Å². The van der Waals surface area contributed by atoms with Crippen LogP contribution in [0.2, 0.25) is 0 Å². The van der Waals surface area contributed by atoms with Crippen molar-refractivity contribution in [2.75, 3.05) is 19.6 Å². The normalized spacial score (nSPS) is 23.0. The van der Waals surface area contributed by atoms with Crippen LogP contribution in [-0.4, -0.2) is 40.0 Å². The van der Waals surface area contributed by atoms with Crippen molar-refractivity contribution in [1.82, 2.24) is 19.8 Å². The van der Waals surface area contributed by atoms with Crippen molar-refractivity contribution in [2.45, 2.75) is 58.5 Å². The maximum Gasteiger partial charge on any atom is 0.223 e. The van der Waals surface area contributed by atoms with Gasteiger partial charge in [0.1, 0.15) is 5.82 Å². The molecule has 0 aromatic carbocycles. The summed E-state index contributed by atoms with van der Waals surface area (Å²) in [5.41, 5.74) is 0. The molecule has 3 rings (SSSR count). The lowest BCUT2D eigenvalue weighted by Gasteiger charge is -2.33. The van der Waals surface area contributed by atoms with Crippen molar-refractivity contribution in [3.63, 3.8) is 0 Å². The predicted molar refractivity (Wildman–Crippen MR) is 91.0 cm³/mol. The zero-order valence-electron chi connectivity index (χ0n) is 14.5. The summed E-state index contributed by atoms with van der Waals surface area (Å²) in [5.74, 6) is 2.31. The Kier molecular flexibility index (Phi) is 5.36. The Labute approximate surface area is 139 Å². The number of hydrogen-bond donors (Lipinski definition) is 1. The van der Waals surface area contributed by atoms with Gasteiger partial charge in [0.15, 0.2) is 0 Å². The third kappa shape index (κ3) is 4.14. The van der Waals surface area contributed by atoms with Crippen molar-refractivity contribution in [1.29, 1.82) is 0 Å². The number of carbonyl (C=O) groups is 1. The summed E-state index contributed by atoms with van der Waals surface area (Å²) >= 11 is 0. The lowest BCUT2D eigenvalue weighted by atomic mass is 9.84. The van der Waals surface area contributed by atoms with Gasteiger partial charge in [-0.15, -0.1) is 0 Å². The lowest BCUT2D eigenvalue weighted by Crippen LogP contribution is -2.43. The number of carbonyl (C=O) groups excluding carboxylic acids is 1. The van der Waals surface area contributed by atoms with Gasteiger partial charge in [0.05, 0.1) is 6.54 Å². The average Bonchev–Trinajstić information content (AvgIpc) is 2.92. The van der Waals surface area contributed by atoms with Gasteiger partial charge >= 0.3 is 0 Å². The van der Waals surface area contributed by atoms with E-state index in [1.807, 2.05) is 6.20 Å². The molecule has 2 heterocycles. The standard InChI is InChI=1S/C18H30N4O/c1-14(2)22-10-8-19-17(22)13-21-9-4-5-15(12-21)11-20-18(23)16-6-3-7-16/h8,10,14-16H,3-7,9,11-13H2,1-2H3,(H,20,23)/t15-/m1/s1. The van der Waals surface area contributed by atoms with Gasteiger partial charge in [0.2, 0.25) is 5.91 Å². The molecule has 23 heavy (non-hydrogen) atoms. The minimum atomic E-state index is 0.281. The molecule has 1 N–H and O–H groups in total. The molecular weight excluding hydrogens is 288 g/mol. The van der Waals surface area contributed by atoms with E-state index in [2.05, 4.69) is 39.8 Å². The Morgan fingerprint density at radius 2 is 2.17 bits per heavy atom. The van der Waals surface area contributed by atoms with Crippen LogP contribution in [0.1, 0.15) is 57.8 Å². The molecule has 1 aliphatic heterocycles. The van der Waals surface area contributed by atoms with E-state index in [1.54, 1.807) is 0 Å². The summed E-state index contributed by atoms with van der Waals surface area (Å²) in [6.07, 6.45) is 9.79. The molecule has 1 saturated heterocycles. The number of nitrogens with zero attached hydrogens (tertiary/aromatic N) is 3. The number of piperidine rings is 1. The maximum absolute atomic E-state index is 12.0. The highest BCUT2D eigenvalue weighted by atomic mass is 16.1. The van der Waals surface area contributed by atoms with E-state index in [-0.39, 0.29) is 5.91 Å². The zero-order chi connectivity index (χ0) is 16.2. The summed E-state index contributed by atoms with van der Waals surface area (Å²) in [6, 6.07) is 0.454. The molecule has 1 aliphatic carbocycles. The summed E-state index contributed by atoms with van der Waals surface area (Å²) < 4.78 is 2.25. The monoisotopic (exact) mass is 318 g/mol. The Bertz CT molecular complexity index is 521. The summed E-state index contributed by atoms with van der Waals surface area (Å²) in [5, 5.41) is 3.18. The number of rotatable bonds is 6. The van der Waals surface area contributed by atoms with Gasteiger partial charge < -0.3 is 9.88 Å². The fraction of sp³-hybridized carbons (Fsp3) is 0.778. The second kappa shape index (κ2) is 7.47. The largest absolute Gasteiger partial charge is 0.356 e. The SMILES string of the molecule is CC(C)n1ccnc1CN1CCC[C@H](CNC(=O)C2CCC2)C1. The summed E-state index contributed by atoms with van der Waals surface area (Å²) in [7, 11) is 0. The number of aromatic nitrogens is 2. The molecule has 0 bridgehead atoms. The van der Waals surface area contributed by atoms with Crippen LogP contribution in [0.4, 0.5) is 0 Å². The number of imidazole rings is 1. The first-order valence-electron chi connectivity index (χ1n) is 9.15. The van der Waals surface area contributed by atoms with Gasteiger partial charge in [-0.3, -0.25) is 9.69 Å². The van der Waals surface area contributed by atoms with Crippen molar-refractivity contribution in [3.8, 4) is 0 Å². The molecular formula is C18H30N4O. The van der Waals surface area contributed by atoms with Crippen LogP contribution >= 0.6 is 0 Å². The first-order chi connectivity index (χ1) is 11.1. The van der Waals surface area contributed by atoms with Gasteiger partial charge in [-0.25, -0.2) is 4.98 Å². The van der Waals surface area contributed by atoms with Gasteiger partial charge in [-0.2, -0.15) is 0 Å². The molecule has 1 atom stereocenters. The van der Waals surface area contributed by atoms with Gasteiger partial charge in [0.25, 0.3) is 0 Å². The summed E-state index contributed by atoms with van der Waals surface area (Å²) in [4.78, 5) is 19.0. The van der Waals surface area contributed by atoms with E-state index in [1.165, 1.54) is 19.3 Å². The zero-order valence-corrected chi connectivity index (χ0v) is 14.5. The minimum absolute atomic E-state index is 0.281. The fourth-order valence-corrected chi connectivity index (χ4v) is 3.66. The van der Waals surface area contributed by atoms with Crippen LogP contribution in [-0.2, 0) is 11.3 Å². The highest BCUT2D eigenvalue weighted by Crippen LogP contribution is 2.26. The van der Waals surface area contributed by atoms with E-state index < -0.39 is 0 Å². The second-order valence-electron chi connectivity index (χ2n) is 7.46. The smallest absolute Gasteiger partial charge is 0.223 e. The molecule has 1 amide bonds. The lowest BCUT2D eigenvalue weighted by molar-refractivity contribution is -0.127. The summed E-state index contributed by atoms with van der Waals surface area (Å²) in [6.45, 7) is 8.34. The van der Waals surface area contributed by atoms with Gasteiger partial charge in [-0.1, -0.05) is 6.42 Å². The van der Waals surface area contributed by atoms with Gasteiger partial charge in [0, 0.05) is 37.4 Å². The first-order valence-corrected chi connectivity index (χ1v) is 9.15. The molecule has 1 aromatic rings. The fourth-order valence-electron chi connectivity index (χ4n) is 3.66. The van der Waals surface area contributed by atoms with E-state index in [9.17, 15) is 4.79 Å². The highest BCUT2D eigenvalue weighted by Gasteiger charge is 2.27. The number of hydrogen-bond acceptors (Lipinski definition) is 3. The Morgan fingerprint density at radius 1 is 1.35 bits per heavy atom. The molecule has 0 radical (unpaired) electrons. The molecule has 128 valence electrons. The van der Waals surface area contributed by atoms with Crippen LogP contribution in [0.15, 0.2) is 12.4 Å². The van der Waals surface area contributed by atoms with E-state index in [0.29, 0.717) is 17.9 Å². The van der Waals surface area contributed by atoms with E-state index in [0.717, 1.165) is 44.8 Å².